The summed E-state index contributed by atoms with van der Waals surface area (Å²) in [5.41, 5.74) is 5.61. The van der Waals surface area contributed by atoms with E-state index in [1.165, 1.54) is 0 Å². The summed E-state index contributed by atoms with van der Waals surface area (Å²) in [7, 11) is 3.72. The van der Waals surface area contributed by atoms with E-state index in [2.05, 4.69) is 0 Å². The van der Waals surface area contributed by atoms with Crippen LogP contribution in [-0.2, 0) is 4.79 Å². The topological polar surface area (TPSA) is 49.6 Å². The number of hydrogen-bond donors (Lipinski definition) is 1. The van der Waals surface area contributed by atoms with Crippen LogP contribution in [0.3, 0.4) is 0 Å². The van der Waals surface area contributed by atoms with Crippen LogP contribution in [0.1, 0.15) is 13.8 Å². The van der Waals surface area contributed by atoms with Gasteiger partial charge in [-0.3, -0.25) is 9.69 Å². The van der Waals surface area contributed by atoms with Gasteiger partial charge < -0.3 is 10.6 Å². The number of nitrogens with two attached hydrogens (primary N) is 1. The van der Waals surface area contributed by atoms with Crippen molar-refractivity contribution >= 4 is 5.91 Å². The third-order valence-corrected chi connectivity index (χ3v) is 1.90. The van der Waals surface area contributed by atoms with Crippen molar-refractivity contribution in [3.63, 3.8) is 0 Å². The van der Waals surface area contributed by atoms with Crippen molar-refractivity contribution in [1.29, 1.82) is 0 Å². The summed E-state index contributed by atoms with van der Waals surface area (Å²) in [5.74, 6) is 0.144. The van der Waals surface area contributed by atoms with E-state index in [1.54, 1.807) is 4.90 Å². The van der Waals surface area contributed by atoms with Crippen LogP contribution < -0.4 is 5.73 Å². The molecule has 0 saturated heterocycles. The van der Waals surface area contributed by atoms with Gasteiger partial charge in [0.05, 0.1) is 6.54 Å². The monoisotopic (exact) mass is 187 g/mol. The second-order valence-electron chi connectivity index (χ2n) is 3.58. The SMILES string of the molecule is CCN(C)C(=O)CN(C)CC(C)N. The molecule has 13 heavy (non-hydrogen) atoms. The van der Waals surface area contributed by atoms with Gasteiger partial charge in [0.15, 0.2) is 0 Å². The quantitative estimate of drug-likeness (QED) is 0.645. The van der Waals surface area contributed by atoms with E-state index in [9.17, 15) is 4.79 Å². The predicted octanol–water partition coefficient (Wildman–Crippen LogP) is -0.256. The normalized spacial score (nSPS) is 13.1. The first-order valence-electron chi connectivity index (χ1n) is 4.65. The summed E-state index contributed by atoms with van der Waals surface area (Å²) in [6.45, 7) is 5.86. The van der Waals surface area contributed by atoms with Gasteiger partial charge in [-0.2, -0.15) is 0 Å². The van der Waals surface area contributed by atoms with Crippen molar-refractivity contribution in [3.8, 4) is 0 Å². The molecule has 0 aromatic rings. The van der Waals surface area contributed by atoms with Crippen molar-refractivity contribution in [2.24, 2.45) is 5.73 Å². The summed E-state index contributed by atoms with van der Waals surface area (Å²) in [4.78, 5) is 15.1. The van der Waals surface area contributed by atoms with E-state index < -0.39 is 0 Å². The molecule has 0 spiro atoms. The first-order chi connectivity index (χ1) is 5.97. The Morgan fingerprint density at radius 2 is 2.00 bits per heavy atom. The fourth-order valence-electron chi connectivity index (χ4n) is 1.08. The largest absolute Gasteiger partial charge is 0.345 e. The fourth-order valence-corrected chi connectivity index (χ4v) is 1.08. The third kappa shape index (κ3) is 5.60. The smallest absolute Gasteiger partial charge is 0.236 e. The number of carbonyl (C=O) groups is 1. The average Bonchev–Trinajstić information content (AvgIpc) is 2.01. The lowest BCUT2D eigenvalue weighted by atomic mass is 10.3. The predicted molar refractivity (Wildman–Crippen MR) is 54.5 cm³/mol. The van der Waals surface area contributed by atoms with Gasteiger partial charge in [-0.25, -0.2) is 0 Å². The fraction of sp³-hybridized carbons (Fsp3) is 0.889. The molecule has 0 heterocycles. The van der Waals surface area contributed by atoms with Crippen molar-refractivity contribution in [1.82, 2.24) is 9.80 Å². The Morgan fingerprint density at radius 3 is 2.38 bits per heavy atom. The van der Waals surface area contributed by atoms with Crippen molar-refractivity contribution in [2.75, 3.05) is 33.7 Å². The highest BCUT2D eigenvalue weighted by Crippen LogP contribution is 1.90. The van der Waals surface area contributed by atoms with Gasteiger partial charge in [0.25, 0.3) is 0 Å². The number of amides is 1. The molecule has 0 aliphatic heterocycles. The Labute approximate surface area is 80.7 Å². The van der Waals surface area contributed by atoms with E-state index in [0.717, 1.165) is 13.1 Å². The zero-order chi connectivity index (χ0) is 10.4. The van der Waals surface area contributed by atoms with Gasteiger partial charge in [0.2, 0.25) is 5.91 Å². The van der Waals surface area contributed by atoms with Crippen molar-refractivity contribution in [3.05, 3.63) is 0 Å². The second-order valence-corrected chi connectivity index (χ2v) is 3.58. The number of carbonyl (C=O) groups excluding carboxylic acids is 1. The molecule has 4 heteroatoms. The Morgan fingerprint density at radius 1 is 1.46 bits per heavy atom. The van der Waals surface area contributed by atoms with Crippen molar-refractivity contribution in [2.45, 2.75) is 19.9 Å². The van der Waals surface area contributed by atoms with Crippen LogP contribution in [0.5, 0.6) is 0 Å². The molecule has 1 amide bonds. The molecule has 0 aliphatic rings. The van der Waals surface area contributed by atoms with Crippen LogP contribution in [0.2, 0.25) is 0 Å². The van der Waals surface area contributed by atoms with Gasteiger partial charge in [-0.05, 0) is 20.9 Å². The first kappa shape index (κ1) is 12.4. The summed E-state index contributed by atoms with van der Waals surface area (Å²) in [5, 5.41) is 0. The highest BCUT2D eigenvalue weighted by Gasteiger charge is 2.10. The van der Waals surface area contributed by atoms with Gasteiger partial charge >= 0.3 is 0 Å². The van der Waals surface area contributed by atoms with E-state index in [-0.39, 0.29) is 11.9 Å². The van der Waals surface area contributed by atoms with Gasteiger partial charge in [0.1, 0.15) is 0 Å². The summed E-state index contributed by atoms with van der Waals surface area (Å²) >= 11 is 0. The maximum Gasteiger partial charge on any atom is 0.236 e. The molecule has 0 radical (unpaired) electrons. The summed E-state index contributed by atoms with van der Waals surface area (Å²) in [6.07, 6.45) is 0. The van der Waals surface area contributed by atoms with Crippen LogP contribution >= 0.6 is 0 Å². The third-order valence-electron chi connectivity index (χ3n) is 1.90. The number of likely N-dealkylation sites (N-methyl/N-ethyl adjacent to an activating group) is 2. The van der Waals surface area contributed by atoms with Crippen LogP contribution in [0.25, 0.3) is 0 Å². The molecule has 1 atom stereocenters. The maximum absolute atomic E-state index is 11.4. The van der Waals surface area contributed by atoms with E-state index >= 15 is 0 Å². The Kier molecular flexibility index (Phi) is 5.66. The van der Waals surface area contributed by atoms with E-state index in [1.807, 2.05) is 32.8 Å². The zero-order valence-electron chi connectivity index (χ0n) is 9.08. The first-order valence-corrected chi connectivity index (χ1v) is 4.65. The standard InChI is InChI=1S/C9H21N3O/c1-5-12(4)9(13)7-11(3)6-8(2)10/h8H,5-7,10H2,1-4H3. The van der Waals surface area contributed by atoms with Crippen LogP contribution in [0.15, 0.2) is 0 Å². The minimum absolute atomic E-state index is 0.115. The number of hydrogen-bond acceptors (Lipinski definition) is 3. The van der Waals surface area contributed by atoms with Gasteiger partial charge in [-0.15, -0.1) is 0 Å². The van der Waals surface area contributed by atoms with Gasteiger partial charge in [-0.1, -0.05) is 0 Å². The Hall–Kier alpha value is -0.610. The molecule has 0 saturated carbocycles. The molecule has 78 valence electrons. The second kappa shape index (κ2) is 5.94. The van der Waals surface area contributed by atoms with Crippen LogP contribution in [0, 0.1) is 0 Å². The van der Waals surface area contributed by atoms with Crippen molar-refractivity contribution < 1.29 is 4.79 Å². The zero-order valence-corrected chi connectivity index (χ0v) is 9.08. The summed E-state index contributed by atoms with van der Waals surface area (Å²) in [6, 6.07) is 0.115. The lowest BCUT2D eigenvalue weighted by Crippen LogP contribution is -2.40. The Bertz CT molecular complexity index is 159. The lowest BCUT2D eigenvalue weighted by Gasteiger charge is -2.21. The molecule has 0 bridgehead atoms. The number of nitrogens with zero attached hydrogens (tertiary/aromatic N) is 2. The average molecular weight is 187 g/mol. The van der Waals surface area contributed by atoms with E-state index in [0.29, 0.717) is 6.54 Å². The van der Waals surface area contributed by atoms with Gasteiger partial charge in [0, 0.05) is 26.2 Å². The molecule has 0 aromatic heterocycles. The molecule has 0 aromatic carbocycles. The van der Waals surface area contributed by atoms with Crippen LogP contribution in [0.4, 0.5) is 0 Å². The molecule has 0 fully saturated rings. The highest BCUT2D eigenvalue weighted by molar-refractivity contribution is 5.77. The Balaban J connectivity index is 3.77. The molecule has 4 nitrogen and oxygen atoms in total. The maximum atomic E-state index is 11.4. The van der Waals surface area contributed by atoms with Crippen LogP contribution in [-0.4, -0.2) is 55.5 Å². The summed E-state index contributed by atoms with van der Waals surface area (Å²) < 4.78 is 0. The lowest BCUT2D eigenvalue weighted by molar-refractivity contribution is -0.130. The molecule has 0 rings (SSSR count). The highest BCUT2D eigenvalue weighted by atomic mass is 16.2. The molecular formula is C9H21N3O. The molecule has 0 aliphatic carbocycles. The number of rotatable bonds is 5. The molecular weight excluding hydrogens is 166 g/mol. The minimum atomic E-state index is 0.115. The molecule has 2 N–H and O–H groups in total. The molecule has 1 unspecified atom stereocenters. The minimum Gasteiger partial charge on any atom is -0.345 e. The van der Waals surface area contributed by atoms with E-state index in [4.69, 9.17) is 5.73 Å².